The van der Waals surface area contributed by atoms with E-state index in [0.717, 1.165) is 18.5 Å². The lowest BCUT2D eigenvalue weighted by Crippen LogP contribution is -2.47. The highest BCUT2D eigenvalue weighted by Gasteiger charge is 2.31. The molecule has 1 N–H and O–H groups in total. The number of thioether (sulfide) groups is 1. The van der Waals surface area contributed by atoms with E-state index in [1.54, 1.807) is 12.1 Å². The molecular formula is C15H22FNS. The van der Waals surface area contributed by atoms with Gasteiger partial charge < -0.3 is 5.32 Å². The highest BCUT2D eigenvalue weighted by atomic mass is 32.2. The molecule has 2 rings (SSSR count). The van der Waals surface area contributed by atoms with Crippen LogP contribution in [0, 0.1) is 11.2 Å². The Morgan fingerprint density at radius 2 is 2.28 bits per heavy atom. The molecule has 18 heavy (non-hydrogen) atoms. The first kappa shape index (κ1) is 13.9. The molecule has 1 atom stereocenters. The molecule has 1 unspecified atom stereocenters. The molecule has 1 saturated heterocycles. The Labute approximate surface area is 114 Å². The van der Waals surface area contributed by atoms with Crippen LogP contribution in [0.4, 0.5) is 4.39 Å². The van der Waals surface area contributed by atoms with Gasteiger partial charge in [0.25, 0.3) is 0 Å². The van der Waals surface area contributed by atoms with Crippen molar-refractivity contribution in [1.82, 2.24) is 5.32 Å². The fraction of sp³-hybridized carbons (Fsp3) is 0.600. The van der Waals surface area contributed by atoms with Crippen LogP contribution in [0.15, 0.2) is 24.3 Å². The van der Waals surface area contributed by atoms with Crippen LogP contribution in [0.3, 0.4) is 0 Å². The number of benzene rings is 1. The van der Waals surface area contributed by atoms with Crippen LogP contribution in [0.2, 0.25) is 0 Å². The predicted octanol–water partition coefficient (Wildman–Crippen LogP) is 3.49. The van der Waals surface area contributed by atoms with E-state index in [1.807, 2.05) is 17.8 Å². The summed E-state index contributed by atoms with van der Waals surface area (Å²) in [6, 6.07) is 7.47. The monoisotopic (exact) mass is 267 g/mol. The van der Waals surface area contributed by atoms with Crippen molar-refractivity contribution in [2.45, 2.75) is 32.7 Å². The Morgan fingerprint density at radius 3 is 3.00 bits per heavy atom. The molecule has 1 heterocycles. The van der Waals surface area contributed by atoms with Crippen molar-refractivity contribution >= 4 is 11.8 Å². The van der Waals surface area contributed by atoms with E-state index < -0.39 is 0 Å². The van der Waals surface area contributed by atoms with Gasteiger partial charge in [-0.3, -0.25) is 0 Å². The Kier molecular flexibility index (Phi) is 4.68. The van der Waals surface area contributed by atoms with Crippen molar-refractivity contribution in [1.29, 1.82) is 0 Å². The van der Waals surface area contributed by atoms with Crippen LogP contribution in [0.1, 0.15) is 25.8 Å². The third-order valence-electron chi connectivity index (χ3n) is 3.81. The zero-order valence-electron chi connectivity index (χ0n) is 11.2. The fourth-order valence-electron chi connectivity index (χ4n) is 2.35. The van der Waals surface area contributed by atoms with Crippen molar-refractivity contribution in [3.63, 3.8) is 0 Å². The van der Waals surface area contributed by atoms with Crippen molar-refractivity contribution in [3.05, 3.63) is 35.6 Å². The highest BCUT2D eigenvalue weighted by Crippen LogP contribution is 2.33. The molecule has 0 aromatic heterocycles. The normalized spacial score (nSPS) is 22.9. The lowest BCUT2D eigenvalue weighted by molar-refractivity contribution is 0.247. The summed E-state index contributed by atoms with van der Waals surface area (Å²) in [6.07, 6.45) is 2.17. The summed E-state index contributed by atoms with van der Waals surface area (Å²) < 4.78 is 13.0. The molecule has 1 aromatic carbocycles. The highest BCUT2D eigenvalue weighted by molar-refractivity contribution is 7.99. The fourth-order valence-corrected chi connectivity index (χ4v) is 4.00. The summed E-state index contributed by atoms with van der Waals surface area (Å²) in [7, 11) is 0. The molecule has 100 valence electrons. The number of nitrogens with one attached hydrogen (secondary N) is 1. The molecular weight excluding hydrogens is 245 g/mol. The van der Waals surface area contributed by atoms with Crippen molar-refractivity contribution < 1.29 is 4.39 Å². The summed E-state index contributed by atoms with van der Waals surface area (Å²) in [5.74, 6) is 2.33. The SMILES string of the molecule is CC1(C)CCSCC1NCCc1cccc(F)c1. The first-order valence-corrected chi connectivity index (χ1v) is 7.79. The smallest absolute Gasteiger partial charge is 0.123 e. The Morgan fingerprint density at radius 1 is 1.44 bits per heavy atom. The molecule has 1 fully saturated rings. The lowest BCUT2D eigenvalue weighted by Gasteiger charge is -2.39. The second-order valence-corrected chi connectivity index (χ2v) is 6.85. The van der Waals surface area contributed by atoms with Crippen LogP contribution in [0.25, 0.3) is 0 Å². The summed E-state index contributed by atoms with van der Waals surface area (Å²) in [6.45, 7) is 5.61. The molecule has 3 heteroatoms. The summed E-state index contributed by atoms with van der Waals surface area (Å²) in [4.78, 5) is 0. The summed E-state index contributed by atoms with van der Waals surface area (Å²) in [5.41, 5.74) is 1.46. The van der Waals surface area contributed by atoms with Crippen LogP contribution in [0.5, 0.6) is 0 Å². The first-order chi connectivity index (χ1) is 8.58. The van der Waals surface area contributed by atoms with Crippen LogP contribution >= 0.6 is 11.8 Å². The molecule has 0 radical (unpaired) electrons. The maximum absolute atomic E-state index is 13.0. The van der Waals surface area contributed by atoms with Gasteiger partial charge in [-0.1, -0.05) is 26.0 Å². The van der Waals surface area contributed by atoms with Gasteiger partial charge in [0.05, 0.1) is 0 Å². The van der Waals surface area contributed by atoms with Gasteiger partial charge in [0.1, 0.15) is 5.82 Å². The van der Waals surface area contributed by atoms with Crippen LogP contribution in [-0.4, -0.2) is 24.1 Å². The molecule has 1 aromatic rings. The number of rotatable bonds is 4. The molecule has 0 aliphatic carbocycles. The van der Waals surface area contributed by atoms with E-state index in [9.17, 15) is 4.39 Å². The Hall–Kier alpha value is -0.540. The number of halogens is 1. The number of hydrogen-bond donors (Lipinski definition) is 1. The van der Waals surface area contributed by atoms with Gasteiger partial charge in [-0.05, 0) is 48.3 Å². The zero-order valence-corrected chi connectivity index (χ0v) is 12.0. The molecule has 1 nitrogen and oxygen atoms in total. The van der Waals surface area contributed by atoms with Crippen molar-refractivity contribution in [2.75, 3.05) is 18.1 Å². The molecule has 0 amide bonds. The van der Waals surface area contributed by atoms with E-state index in [-0.39, 0.29) is 5.82 Å². The molecule has 1 aliphatic heterocycles. The van der Waals surface area contributed by atoms with E-state index in [1.165, 1.54) is 24.0 Å². The van der Waals surface area contributed by atoms with Crippen molar-refractivity contribution in [3.8, 4) is 0 Å². The standard InChI is InChI=1S/C15H22FNS/c1-15(2)7-9-18-11-14(15)17-8-6-12-4-3-5-13(16)10-12/h3-5,10,14,17H,6-9,11H2,1-2H3. The zero-order chi connectivity index (χ0) is 13.0. The topological polar surface area (TPSA) is 12.0 Å². The van der Waals surface area contributed by atoms with Gasteiger partial charge in [0, 0.05) is 11.8 Å². The van der Waals surface area contributed by atoms with Gasteiger partial charge in [-0.15, -0.1) is 0 Å². The predicted molar refractivity (Wildman–Crippen MR) is 77.6 cm³/mol. The van der Waals surface area contributed by atoms with E-state index >= 15 is 0 Å². The van der Waals surface area contributed by atoms with Gasteiger partial charge in [0.2, 0.25) is 0 Å². The van der Waals surface area contributed by atoms with Crippen molar-refractivity contribution in [2.24, 2.45) is 5.41 Å². The van der Waals surface area contributed by atoms with E-state index in [0.29, 0.717) is 11.5 Å². The number of hydrogen-bond acceptors (Lipinski definition) is 2. The maximum Gasteiger partial charge on any atom is 0.123 e. The average Bonchev–Trinajstić information content (AvgIpc) is 2.31. The first-order valence-electron chi connectivity index (χ1n) is 6.63. The molecule has 1 aliphatic rings. The van der Waals surface area contributed by atoms with Gasteiger partial charge in [0.15, 0.2) is 0 Å². The minimum atomic E-state index is -0.138. The second kappa shape index (κ2) is 6.07. The molecule has 0 spiro atoms. The molecule has 0 saturated carbocycles. The minimum Gasteiger partial charge on any atom is -0.312 e. The Balaban J connectivity index is 1.81. The van der Waals surface area contributed by atoms with Gasteiger partial charge >= 0.3 is 0 Å². The Bertz CT molecular complexity index is 392. The van der Waals surface area contributed by atoms with Gasteiger partial charge in [-0.25, -0.2) is 4.39 Å². The van der Waals surface area contributed by atoms with E-state index in [4.69, 9.17) is 0 Å². The lowest BCUT2D eigenvalue weighted by atomic mass is 9.82. The quantitative estimate of drug-likeness (QED) is 0.896. The minimum absolute atomic E-state index is 0.138. The second-order valence-electron chi connectivity index (χ2n) is 5.70. The summed E-state index contributed by atoms with van der Waals surface area (Å²) >= 11 is 2.03. The third kappa shape index (κ3) is 3.72. The van der Waals surface area contributed by atoms with Crippen LogP contribution < -0.4 is 5.32 Å². The largest absolute Gasteiger partial charge is 0.312 e. The average molecular weight is 267 g/mol. The van der Waals surface area contributed by atoms with Gasteiger partial charge in [-0.2, -0.15) is 11.8 Å². The summed E-state index contributed by atoms with van der Waals surface area (Å²) in [5, 5.41) is 3.64. The van der Waals surface area contributed by atoms with Crippen LogP contribution in [-0.2, 0) is 6.42 Å². The third-order valence-corrected chi connectivity index (χ3v) is 4.87. The maximum atomic E-state index is 13.0. The molecule has 0 bridgehead atoms. The van der Waals surface area contributed by atoms with E-state index in [2.05, 4.69) is 19.2 Å².